The van der Waals surface area contributed by atoms with Gasteiger partial charge in [-0.1, -0.05) is 0 Å². The Bertz CT molecular complexity index is 167. The van der Waals surface area contributed by atoms with E-state index in [1.165, 1.54) is 19.3 Å². The molecule has 4 unspecified atom stereocenters. The molecule has 3 fully saturated rings. The lowest BCUT2D eigenvalue weighted by Crippen LogP contribution is -2.07. The van der Waals surface area contributed by atoms with Gasteiger partial charge in [0.05, 0.1) is 0 Å². The van der Waals surface area contributed by atoms with Crippen molar-refractivity contribution in [2.45, 2.75) is 19.3 Å². The Hall–Kier alpha value is -0.330. The van der Waals surface area contributed by atoms with E-state index in [0.29, 0.717) is 17.6 Å². The molecule has 0 heterocycles. The molecule has 3 aliphatic rings. The van der Waals surface area contributed by atoms with Crippen LogP contribution < -0.4 is 0 Å². The van der Waals surface area contributed by atoms with Crippen LogP contribution in [0, 0.1) is 23.7 Å². The molecule has 4 atom stereocenters. The Morgan fingerprint density at radius 2 is 1.67 bits per heavy atom. The summed E-state index contributed by atoms with van der Waals surface area (Å²) in [6, 6.07) is 0. The summed E-state index contributed by atoms with van der Waals surface area (Å²) in [6.07, 6.45) is 3.84. The number of Topliss-reactive ketones (excluding diaryl/α,β-unsaturated/α-hetero) is 1. The lowest BCUT2D eigenvalue weighted by molar-refractivity contribution is -0.122. The molecule has 3 rings (SSSR count). The van der Waals surface area contributed by atoms with E-state index in [1.54, 1.807) is 0 Å². The molecular formula is C8H10O. The highest BCUT2D eigenvalue weighted by molar-refractivity contribution is 5.89. The summed E-state index contributed by atoms with van der Waals surface area (Å²) in [7, 11) is 0. The van der Waals surface area contributed by atoms with Crippen molar-refractivity contribution >= 4 is 5.78 Å². The lowest BCUT2D eigenvalue weighted by atomic mass is 10.0. The summed E-state index contributed by atoms with van der Waals surface area (Å²) < 4.78 is 0. The van der Waals surface area contributed by atoms with Crippen molar-refractivity contribution in [3.8, 4) is 0 Å². The van der Waals surface area contributed by atoms with Gasteiger partial charge in [0, 0.05) is 11.8 Å². The Kier molecular flexibility index (Phi) is 0.544. The maximum Gasteiger partial charge on any atom is 0.139 e. The van der Waals surface area contributed by atoms with Gasteiger partial charge in [-0.25, -0.2) is 0 Å². The number of fused-ring (bicyclic) bond motifs is 5. The Labute approximate surface area is 54.4 Å². The molecule has 48 valence electrons. The number of hydrogen-bond acceptors (Lipinski definition) is 1. The van der Waals surface area contributed by atoms with E-state index in [9.17, 15) is 4.79 Å². The van der Waals surface area contributed by atoms with Crippen LogP contribution in [0.3, 0.4) is 0 Å². The average molecular weight is 122 g/mol. The van der Waals surface area contributed by atoms with Crippen molar-refractivity contribution in [1.29, 1.82) is 0 Å². The molecule has 9 heavy (non-hydrogen) atoms. The zero-order chi connectivity index (χ0) is 6.01. The summed E-state index contributed by atoms with van der Waals surface area (Å²) >= 11 is 0. The third-order valence-corrected chi connectivity index (χ3v) is 3.44. The van der Waals surface area contributed by atoms with Crippen LogP contribution in [0.25, 0.3) is 0 Å². The summed E-state index contributed by atoms with van der Waals surface area (Å²) in [5.74, 6) is 3.45. The van der Waals surface area contributed by atoms with E-state index < -0.39 is 0 Å². The minimum Gasteiger partial charge on any atom is -0.299 e. The molecule has 0 aromatic carbocycles. The van der Waals surface area contributed by atoms with Crippen LogP contribution in [0.1, 0.15) is 19.3 Å². The third kappa shape index (κ3) is 0.347. The summed E-state index contributed by atoms with van der Waals surface area (Å²) in [5.41, 5.74) is 0. The van der Waals surface area contributed by atoms with Gasteiger partial charge in [0.1, 0.15) is 5.78 Å². The van der Waals surface area contributed by atoms with E-state index >= 15 is 0 Å². The summed E-state index contributed by atoms with van der Waals surface area (Å²) in [5, 5.41) is 0. The monoisotopic (exact) mass is 122 g/mol. The van der Waals surface area contributed by atoms with Crippen molar-refractivity contribution in [1.82, 2.24) is 0 Å². The standard InChI is InChI=1S/C8H10O/c9-8-4-1-2-5(8)7-3-6(4)7/h4-7H,1-3H2. The molecule has 0 spiro atoms. The maximum absolute atomic E-state index is 11.2. The van der Waals surface area contributed by atoms with E-state index in [-0.39, 0.29) is 0 Å². The van der Waals surface area contributed by atoms with Crippen molar-refractivity contribution in [2.24, 2.45) is 23.7 Å². The van der Waals surface area contributed by atoms with Crippen molar-refractivity contribution < 1.29 is 4.79 Å². The van der Waals surface area contributed by atoms with Gasteiger partial charge < -0.3 is 0 Å². The molecule has 0 aromatic heterocycles. The van der Waals surface area contributed by atoms with Crippen LogP contribution in [0.5, 0.6) is 0 Å². The predicted molar refractivity (Wildman–Crippen MR) is 32.8 cm³/mol. The van der Waals surface area contributed by atoms with Crippen LogP contribution in [0.4, 0.5) is 0 Å². The zero-order valence-corrected chi connectivity index (χ0v) is 5.34. The first-order chi connectivity index (χ1) is 4.38. The molecule has 0 radical (unpaired) electrons. The molecule has 0 N–H and O–H groups in total. The van der Waals surface area contributed by atoms with Crippen LogP contribution >= 0.6 is 0 Å². The minimum atomic E-state index is 0.542. The average Bonchev–Trinajstić information content (AvgIpc) is 2.53. The van der Waals surface area contributed by atoms with Crippen LogP contribution in [0.2, 0.25) is 0 Å². The van der Waals surface area contributed by atoms with E-state index in [1.807, 2.05) is 0 Å². The minimum absolute atomic E-state index is 0.542. The fourth-order valence-corrected chi connectivity index (χ4v) is 2.93. The molecule has 3 saturated carbocycles. The number of rotatable bonds is 0. The van der Waals surface area contributed by atoms with Gasteiger partial charge in [0.2, 0.25) is 0 Å². The van der Waals surface area contributed by atoms with Crippen molar-refractivity contribution in [3.63, 3.8) is 0 Å². The smallest absolute Gasteiger partial charge is 0.139 e. The molecule has 1 nitrogen and oxygen atoms in total. The van der Waals surface area contributed by atoms with E-state index in [0.717, 1.165) is 11.8 Å². The summed E-state index contributed by atoms with van der Waals surface area (Å²) in [4.78, 5) is 11.2. The van der Waals surface area contributed by atoms with Gasteiger partial charge >= 0.3 is 0 Å². The molecular weight excluding hydrogens is 112 g/mol. The lowest BCUT2D eigenvalue weighted by Gasteiger charge is -2.02. The number of carbonyl (C=O) groups is 1. The number of hydrogen-bond donors (Lipinski definition) is 0. The largest absolute Gasteiger partial charge is 0.299 e. The van der Waals surface area contributed by atoms with E-state index in [2.05, 4.69) is 0 Å². The molecule has 3 aliphatic carbocycles. The molecule has 1 heteroatoms. The first-order valence-corrected chi connectivity index (χ1v) is 3.91. The van der Waals surface area contributed by atoms with Gasteiger partial charge in [-0.2, -0.15) is 0 Å². The molecule has 0 aliphatic heterocycles. The van der Waals surface area contributed by atoms with Crippen molar-refractivity contribution in [2.75, 3.05) is 0 Å². The highest BCUT2D eigenvalue weighted by Crippen LogP contribution is 2.63. The molecule has 0 aromatic rings. The van der Waals surface area contributed by atoms with Gasteiger partial charge in [-0.15, -0.1) is 0 Å². The van der Waals surface area contributed by atoms with Gasteiger partial charge in [0.15, 0.2) is 0 Å². The fourth-order valence-electron chi connectivity index (χ4n) is 2.93. The SMILES string of the molecule is O=C1C2CCC1C1CC21. The zero-order valence-electron chi connectivity index (χ0n) is 5.34. The first-order valence-electron chi connectivity index (χ1n) is 3.91. The van der Waals surface area contributed by atoms with E-state index in [4.69, 9.17) is 0 Å². The highest BCUT2D eigenvalue weighted by atomic mass is 16.1. The first kappa shape index (κ1) is 4.48. The topological polar surface area (TPSA) is 17.1 Å². The van der Waals surface area contributed by atoms with Crippen LogP contribution in [0.15, 0.2) is 0 Å². The molecule has 2 bridgehead atoms. The maximum atomic E-state index is 11.2. The number of ketones is 1. The summed E-state index contributed by atoms with van der Waals surface area (Å²) in [6.45, 7) is 0. The Morgan fingerprint density at radius 3 is 2.00 bits per heavy atom. The second kappa shape index (κ2) is 1.09. The normalized spacial score (nSPS) is 60.2. The highest BCUT2D eigenvalue weighted by Gasteiger charge is 2.62. The van der Waals surface area contributed by atoms with Gasteiger partial charge in [-0.05, 0) is 31.1 Å². The van der Waals surface area contributed by atoms with Crippen molar-refractivity contribution in [3.05, 3.63) is 0 Å². The van der Waals surface area contributed by atoms with Crippen LogP contribution in [-0.2, 0) is 4.79 Å². The second-order valence-electron chi connectivity index (χ2n) is 3.76. The third-order valence-electron chi connectivity index (χ3n) is 3.44. The Morgan fingerprint density at radius 1 is 1.11 bits per heavy atom. The molecule has 0 amide bonds. The predicted octanol–water partition coefficient (Wildman–Crippen LogP) is 1.23. The second-order valence-corrected chi connectivity index (χ2v) is 3.76. The molecule has 0 saturated heterocycles. The Balaban J connectivity index is 2.09. The fraction of sp³-hybridized carbons (Fsp3) is 0.875. The van der Waals surface area contributed by atoms with Crippen LogP contribution in [-0.4, -0.2) is 5.78 Å². The van der Waals surface area contributed by atoms with Gasteiger partial charge in [-0.3, -0.25) is 4.79 Å². The quantitative estimate of drug-likeness (QED) is 0.472. The van der Waals surface area contributed by atoms with Gasteiger partial charge in [0.25, 0.3) is 0 Å². The number of carbonyl (C=O) groups excluding carboxylic acids is 1.